The fraction of sp³-hybridized carbons (Fsp3) is 0.407. The topological polar surface area (TPSA) is 52.7 Å². The van der Waals surface area contributed by atoms with Gasteiger partial charge in [0.15, 0.2) is 0 Å². The molecule has 0 unspecified atom stereocenters. The monoisotopic (exact) mass is 431 g/mol. The molecule has 1 fully saturated rings. The molecule has 32 heavy (non-hydrogen) atoms. The van der Waals surface area contributed by atoms with Crippen LogP contribution >= 0.6 is 0 Å². The van der Waals surface area contributed by atoms with E-state index in [9.17, 15) is 9.59 Å². The van der Waals surface area contributed by atoms with Gasteiger partial charge in [0.2, 0.25) is 0 Å². The Hall–Kier alpha value is -3.08. The smallest absolute Gasteiger partial charge is 0.329 e. The Morgan fingerprint density at radius 1 is 1.12 bits per heavy atom. The molecule has 0 aromatic heterocycles. The molecule has 2 heterocycles. The molecule has 5 heteroatoms. The highest BCUT2D eigenvalue weighted by atomic mass is 16.2. The van der Waals surface area contributed by atoms with Gasteiger partial charge in [-0.15, -0.1) is 0 Å². The van der Waals surface area contributed by atoms with Crippen molar-refractivity contribution in [3.05, 3.63) is 69.9 Å². The van der Waals surface area contributed by atoms with Gasteiger partial charge in [-0.05, 0) is 87.4 Å². The molecule has 0 aliphatic carbocycles. The van der Waals surface area contributed by atoms with E-state index in [1.165, 1.54) is 16.2 Å². The van der Waals surface area contributed by atoms with E-state index in [1.807, 2.05) is 37.3 Å². The Bertz CT molecular complexity index is 1100. The van der Waals surface area contributed by atoms with E-state index in [0.29, 0.717) is 11.6 Å². The van der Waals surface area contributed by atoms with Crippen LogP contribution in [0.3, 0.4) is 0 Å². The summed E-state index contributed by atoms with van der Waals surface area (Å²) < 4.78 is 0. The number of amides is 3. The molecule has 3 amide bonds. The highest BCUT2D eigenvalue weighted by Gasteiger charge is 2.36. The molecule has 2 aromatic rings. The van der Waals surface area contributed by atoms with Crippen LogP contribution in [-0.4, -0.2) is 28.9 Å². The minimum absolute atomic E-state index is 0.111. The molecule has 2 aliphatic rings. The zero-order valence-corrected chi connectivity index (χ0v) is 20.0. The average molecular weight is 432 g/mol. The quantitative estimate of drug-likeness (QED) is 0.513. The lowest BCUT2D eigenvalue weighted by atomic mass is 9.79. The first-order valence-corrected chi connectivity index (χ1v) is 11.4. The molecule has 0 radical (unpaired) electrons. The van der Waals surface area contributed by atoms with E-state index in [-0.39, 0.29) is 24.0 Å². The lowest BCUT2D eigenvalue weighted by Gasteiger charge is -2.47. The van der Waals surface area contributed by atoms with E-state index in [4.69, 9.17) is 0 Å². The number of carbonyl (C=O) groups excluding carboxylic acids is 2. The first-order valence-electron chi connectivity index (χ1n) is 11.4. The molecule has 0 saturated carbocycles. The van der Waals surface area contributed by atoms with Crippen molar-refractivity contribution in [2.24, 2.45) is 0 Å². The maximum atomic E-state index is 13.0. The minimum Gasteiger partial charge on any atom is -0.366 e. The summed E-state index contributed by atoms with van der Waals surface area (Å²) >= 11 is 0. The Morgan fingerprint density at radius 2 is 1.81 bits per heavy atom. The normalized spacial score (nSPS) is 21.2. The molecule has 0 spiro atoms. The Kier molecular flexibility index (Phi) is 5.61. The largest absolute Gasteiger partial charge is 0.366 e. The third-order valence-electron chi connectivity index (χ3n) is 6.81. The summed E-state index contributed by atoms with van der Waals surface area (Å²) in [5.74, 6) is 0.143. The van der Waals surface area contributed by atoms with E-state index in [2.05, 4.69) is 57.0 Å². The summed E-state index contributed by atoms with van der Waals surface area (Å²) in [5.41, 5.74) is 7.18. The predicted octanol–water partition coefficient (Wildman–Crippen LogP) is 5.51. The Balaban J connectivity index is 1.64. The Labute approximate surface area is 191 Å². The number of nitrogens with one attached hydrogen (secondary N) is 1. The average Bonchev–Trinajstić information content (AvgIpc) is 2.98. The SMILES string of the molecule is CCN1c2cc(C)c(/C=C3\NC(=O)N(Cc4ccc(C)cc4)C3=O)cc2[C@@H](C)CC1(C)C. The van der Waals surface area contributed by atoms with Crippen LogP contribution < -0.4 is 10.2 Å². The number of aryl methyl sites for hydroxylation is 2. The van der Waals surface area contributed by atoms with Crippen molar-refractivity contribution in [1.82, 2.24) is 10.2 Å². The van der Waals surface area contributed by atoms with Crippen molar-refractivity contribution < 1.29 is 9.59 Å². The van der Waals surface area contributed by atoms with E-state index < -0.39 is 0 Å². The standard InChI is InChI=1S/C27H33N3O2/c1-7-30-24-12-18(3)21(13-22(24)19(4)15-27(30,5)6)14-23-25(31)29(26(32)28-23)16-20-10-8-17(2)9-11-20/h8-14,19H,7,15-16H2,1-6H3,(H,28,32)/b23-14-/t19-/m0/s1. The summed E-state index contributed by atoms with van der Waals surface area (Å²) in [7, 11) is 0. The van der Waals surface area contributed by atoms with E-state index in [0.717, 1.165) is 35.2 Å². The lowest BCUT2D eigenvalue weighted by molar-refractivity contribution is -0.123. The molecule has 168 valence electrons. The maximum absolute atomic E-state index is 13.0. The fourth-order valence-electron chi connectivity index (χ4n) is 5.15. The lowest BCUT2D eigenvalue weighted by Crippen LogP contribution is -2.48. The Morgan fingerprint density at radius 3 is 2.47 bits per heavy atom. The van der Waals surface area contributed by atoms with Crippen LogP contribution in [0.15, 0.2) is 42.1 Å². The van der Waals surface area contributed by atoms with Crippen LogP contribution in [0.1, 0.15) is 67.9 Å². The first kappa shape index (κ1) is 22.1. The van der Waals surface area contributed by atoms with Crippen molar-refractivity contribution >= 4 is 23.7 Å². The summed E-state index contributed by atoms with van der Waals surface area (Å²) in [4.78, 5) is 29.3. The number of carbonyl (C=O) groups is 2. The number of anilines is 1. The van der Waals surface area contributed by atoms with E-state index in [1.54, 1.807) is 0 Å². The zero-order valence-electron chi connectivity index (χ0n) is 20.0. The number of hydrogen-bond donors (Lipinski definition) is 1. The maximum Gasteiger partial charge on any atom is 0.329 e. The first-order chi connectivity index (χ1) is 15.1. The fourth-order valence-corrected chi connectivity index (χ4v) is 5.15. The number of hydrogen-bond acceptors (Lipinski definition) is 3. The molecular formula is C27H33N3O2. The van der Waals surface area contributed by atoms with Gasteiger partial charge in [0.05, 0.1) is 6.54 Å². The molecule has 4 rings (SSSR count). The van der Waals surface area contributed by atoms with Gasteiger partial charge in [-0.2, -0.15) is 0 Å². The van der Waals surface area contributed by atoms with Gasteiger partial charge < -0.3 is 10.2 Å². The number of rotatable bonds is 4. The third-order valence-corrected chi connectivity index (χ3v) is 6.81. The highest BCUT2D eigenvalue weighted by Crippen LogP contribution is 2.44. The van der Waals surface area contributed by atoms with Crippen molar-refractivity contribution in [1.29, 1.82) is 0 Å². The van der Waals surface area contributed by atoms with Crippen LogP contribution in [0.4, 0.5) is 10.5 Å². The van der Waals surface area contributed by atoms with Gasteiger partial charge in [-0.25, -0.2) is 4.79 Å². The van der Waals surface area contributed by atoms with Gasteiger partial charge >= 0.3 is 6.03 Å². The number of fused-ring (bicyclic) bond motifs is 1. The van der Waals surface area contributed by atoms with Gasteiger partial charge in [-0.1, -0.05) is 36.8 Å². The second kappa shape index (κ2) is 8.12. The third kappa shape index (κ3) is 3.92. The van der Waals surface area contributed by atoms with E-state index >= 15 is 0 Å². The highest BCUT2D eigenvalue weighted by molar-refractivity contribution is 6.14. The van der Waals surface area contributed by atoms with Crippen molar-refractivity contribution in [2.75, 3.05) is 11.4 Å². The van der Waals surface area contributed by atoms with Crippen LogP contribution in [0, 0.1) is 13.8 Å². The van der Waals surface area contributed by atoms with Gasteiger partial charge in [0.1, 0.15) is 5.70 Å². The summed E-state index contributed by atoms with van der Waals surface area (Å²) in [6.07, 6.45) is 2.90. The number of imide groups is 1. The van der Waals surface area contributed by atoms with Crippen LogP contribution in [0.25, 0.3) is 6.08 Å². The van der Waals surface area contributed by atoms with Crippen LogP contribution in [0.2, 0.25) is 0 Å². The summed E-state index contributed by atoms with van der Waals surface area (Å²) in [5, 5.41) is 2.77. The molecule has 1 saturated heterocycles. The number of urea groups is 1. The van der Waals surface area contributed by atoms with Crippen molar-refractivity contribution in [3.8, 4) is 0 Å². The van der Waals surface area contributed by atoms with Crippen molar-refractivity contribution in [2.45, 2.75) is 66.0 Å². The molecule has 2 aromatic carbocycles. The molecule has 5 nitrogen and oxygen atoms in total. The zero-order chi connectivity index (χ0) is 23.2. The second-order valence-corrected chi connectivity index (χ2v) is 9.79. The second-order valence-electron chi connectivity index (χ2n) is 9.79. The van der Waals surface area contributed by atoms with Gasteiger partial charge in [0, 0.05) is 17.8 Å². The summed E-state index contributed by atoms with van der Waals surface area (Å²) in [6.45, 7) is 14.4. The molecular weight excluding hydrogens is 398 g/mol. The molecule has 0 bridgehead atoms. The molecule has 2 aliphatic heterocycles. The van der Waals surface area contributed by atoms with Crippen molar-refractivity contribution in [3.63, 3.8) is 0 Å². The number of benzene rings is 2. The number of nitrogens with zero attached hydrogens (tertiary/aromatic N) is 2. The molecule has 1 atom stereocenters. The van der Waals surface area contributed by atoms with Crippen LogP contribution in [-0.2, 0) is 11.3 Å². The molecule has 1 N–H and O–H groups in total. The van der Waals surface area contributed by atoms with Crippen LogP contribution in [0.5, 0.6) is 0 Å². The van der Waals surface area contributed by atoms with Gasteiger partial charge in [0.25, 0.3) is 5.91 Å². The minimum atomic E-state index is -0.371. The predicted molar refractivity (Wildman–Crippen MR) is 130 cm³/mol. The summed E-state index contributed by atoms with van der Waals surface area (Å²) in [6, 6.07) is 11.9. The van der Waals surface area contributed by atoms with Gasteiger partial charge in [-0.3, -0.25) is 9.69 Å².